The Balaban J connectivity index is 1.28. The van der Waals surface area contributed by atoms with Crippen molar-refractivity contribution in [2.75, 3.05) is 20.2 Å². The number of hydrogen-bond donors (Lipinski definition) is 1. The van der Waals surface area contributed by atoms with Gasteiger partial charge in [-0.2, -0.15) is 0 Å². The second kappa shape index (κ2) is 10.3. The molecule has 5 aromatic rings. The zero-order chi connectivity index (χ0) is 26.8. The number of methoxy groups -OCH3 is 1. The molecule has 1 aliphatic heterocycles. The fourth-order valence-electron chi connectivity index (χ4n) is 5.02. The van der Waals surface area contributed by atoms with Gasteiger partial charge in [-0.15, -0.1) is 0 Å². The van der Waals surface area contributed by atoms with Gasteiger partial charge in [0.2, 0.25) is 0 Å². The molecule has 0 atom stereocenters. The summed E-state index contributed by atoms with van der Waals surface area (Å²) in [6, 6.07) is 9.97. The number of pyridine rings is 1. The van der Waals surface area contributed by atoms with E-state index in [1.54, 1.807) is 29.7 Å². The Morgan fingerprint density at radius 2 is 1.82 bits per heavy atom. The number of aromatic nitrogens is 5. The third-order valence-electron chi connectivity index (χ3n) is 6.89. The molecule has 1 saturated heterocycles. The van der Waals surface area contributed by atoms with Crippen LogP contribution >= 0.6 is 0 Å². The van der Waals surface area contributed by atoms with Crippen LogP contribution in [0.25, 0.3) is 27.9 Å². The Hall–Kier alpha value is -5.12. The standard InChI is InChI=1S/C29H24N6O4/c1-38-22-16-34-26(21-14-30-9-10-32-21)27-25(22)20(13-33-27)28(36)29(37)35-11-7-19(8-12-35)24(23-15-31-17-39-23)18-5-3-2-4-6-18/h2-6,9-10,13-17,33H,7-8,11-12H2,1H3. The lowest BCUT2D eigenvalue weighted by atomic mass is 9.91. The summed E-state index contributed by atoms with van der Waals surface area (Å²) in [5.41, 5.74) is 4.99. The molecule has 0 radical (unpaired) electrons. The second-order valence-corrected chi connectivity index (χ2v) is 9.05. The number of oxazole rings is 1. The van der Waals surface area contributed by atoms with Crippen molar-refractivity contribution in [2.24, 2.45) is 0 Å². The lowest BCUT2D eigenvalue weighted by Crippen LogP contribution is -2.40. The maximum atomic E-state index is 13.5. The van der Waals surface area contributed by atoms with Gasteiger partial charge in [0.25, 0.3) is 11.7 Å². The SMILES string of the molecule is COc1cnc(-c2cnccn2)c2[nH]cc(C(=O)C(=O)N3CCC(=C(c4ccccc4)c4cnco4)CC3)c12. The zero-order valence-electron chi connectivity index (χ0n) is 21.1. The quantitative estimate of drug-likeness (QED) is 0.259. The Bertz CT molecular complexity index is 1670. The van der Waals surface area contributed by atoms with Crippen LogP contribution in [-0.4, -0.2) is 61.7 Å². The summed E-state index contributed by atoms with van der Waals surface area (Å²) in [5, 5.41) is 0.487. The van der Waals surface area contributed by atoms with Crippen LogP contribution in [0.2, 0.25) is 0 Å². The first-order chi connectivity index (χ1) is 19.2. The number of carbonyl (C=O) groups is 2. The van der Waals surface area contributed by atoms with Crippen molar-refractivity contribution in [1.29, 1.82) is 0 Å². The summed E-state index contributed by atoms with van der Waals surface area (Å²) < 4.78 is 11.1. The second-order valence-electron chi connectivity index (χ2n) is 9.05. The Morgan fingerprint density at radius 1 is 1.00 bits per heavy atom. The molecule has 0 unspecified atom stereocenters. The first-order valence-corrected chi connectivity index (χ1v) is 12.5. The molecule has 0 saturated carbocycles. The van der Waals surface area contributed by atoms with Crippen LogP contribution < -0.4 is 4.74 Å². The number of ketones is 1. The molecule has 10 heteroatoms. The zero-order valence-corrected chi connectivity index (χ0v) is 21.1. The number of piperidine rings is 1. The monoisotopic (exact) mass is 520 g/mol. The molecule has 1 aliphatic rings. The number of nitrogens with one attached hydrogen (secondary N) is 1. The molecule has 194 valence electrons. The number of ether oxygens (including phenoxy) is 1. The van der Waals surface area contributed by atoms with Crippen molar-refractivity contribution in [3.8, 4) is 17.1 Å². The van der Waals surface area contributed by atoms with E-state index in [2.05, 4.69) is 24.9 Å². The van der Waals surface area contributed by atoms with Crippen LogP contribution in [0.3, 0.4) is 0 Å². The number of fused-ring (bicyclic) bond motifs is 1. The molecule has 1 fully saturated rings. The topological polar surface area (TPSA) is 127 Å². The largest absolute Gasteiger partial charge is 0.494 e. The molecule has 39 heavy (non-hydrogen) atoms. The average molecular weight is 521 g/mol. The van der Waals surface area contributed by atoms with E-state index in [9.17, 15) is 9.59 Å². The van der Waals surface area contributed by atoms with E-state index in [1.807, 2.05) is 30.3 Å². The highest BCUT2D eigenvalue weighted by atomic mass is 16.5. The number of H-pyrrole nitrogens is 1. The number of Topliss-reactive ketones (excluding diaryl/α,β-unsaturated/α-hetero) is 1. The molecule has 10 nitrogen and oxygen atoms in total. The van der Waals surface area contributed by atoms with E-state index in [0.29, 0.717) is 59.7 Å². The van der Waals surface area contributed by atoms with Gasteiger partial charge in [0.1, 0.15) is 17.1 Å². The number of benzene rings is 1. The number of amides is 1. The number of likely N-dealkylation sites (tertiary alicyclic amines) is 1. The van der Waals surface area contributed by atoms with E-state index in [1.165, 1.54) is 25.9 Å². The predicted molar refractivity (Wildman–Crippen MR) is 143 cm³/mol. The normalized spacial score (nSPS) is 13.5. The molecular formula is C29H24N6O4. The van der Waals surface area contributed by atoms with Crippen LogP contribution in [0.5, 0.6) is 5.75 Å². The molecule has 4 aromatic heterocycles. The third kappa shape index (κ3) is 4.46. The summed E-state index contributed by atoms with van der Waals surface area (Å²) in [6.45, 7) is 0.826. The lowest BCUT2D eigenvalue weighted by Gasteiger charge is -2.29. The maximum Gasteiger partial charge on any atom is 0.295 e. The van der Waals surface area contributed by atoms with Crippen molar-refractivity contribution < 1.29 is 18.7 Å². The molecule has 0 spiro atoms. The number of carbonyl (C=O) groups excluding carboxylic acids is 2. The molecule has 1 N–H and O–H groups in total. The van der Waals surface area contributed by atoms with Gasteiger partial charge in [-0.1, -0.05) is 35.9 Å². The Morgan fingerprint density at radius 3 is 2.51 bits per heavy atom. The fraction of sp³-hybridized carbons (Fsp3) is 0.172. The van der Waals surface area contributed by atoms with Crippen molar-refractivity contribution in [1.82, 2.24) is 29.8 Å². The fourth-order valence-corrected chi connectivity index (χ4v) is 5.02. The Kier molecular flexibility index (Phi) is 6.42. The molecule has 0 bridgehead atoms. The summed E-state index contributed by atoms with van der Waals surface area (Å²) in [7, 11) is 1.50. The molecule has 5 heterocycles. The van der Waals surface area contributed by atoms with Gasteiger partial charge < -0.3 is 19.0 Å². The molecular weight excluding hydrogens is 496 g/mol. The summed E-state index contributed by atoms with van der Waals surface area (Å²) in [4.78, 5) is 48.6. The minimum atomic E-state index is -0.609. The minimum absolute atomic E-state index is 0.229. The molecule has 0 aliphatic carbocycles. The number of nitrogens with zero attached hydrogens (tertiary/aromatic N) is 5. The van der Waals surface area contributed by atoms with E-state index >= 15 is 0 Å². The highest BCUT2D eigenvalue weighted by Gasteiger charge is 2.30. The van der Waals surface area contributed by atoms with Crippen LogP contribution in [-0.2, 0) is 4.79 Å². The van der Waals surface area contributed by atoms with Crippen molar-refractivity contribution in [3.63, 3.8) is 0 Å². The molecule has 1 aromatic carbocycles. The van der Waals surface area contributed by atoms with Crippen molar-refractivity contribution in [3.05, 3.63) is 96.4 Å². The van der Waals surface area contributed by atoms with Gasteiger partial charge in [0.05, 0.1) is 42.2 Å². The van der Waals surface area contributed by atoms with E-state index in [-0.39, 0.29) is 5.56 Å². The smallest absolute Gasteiger partial charge is 0.295 e. The van der Waals surface area contributed by atoms with Gasteiger partial charge >= 0.3 is 0 Å². The predicted octanol–water partition coefficient (Wildman–Crippen LogP) is 4.32. The van der Waals surface area contributed by atoms with Gasteiger partial charge in [0.15, 0.2) is 12.2 Å². The van der Waals surface area contributed by atoms with Crippen molar-refractivity contribution >= 4 is 28.2 Å². The first kappa shape index (κ1) is 24.2. The third-order valence-corrected chi connectivity index (χ3v) is 6.89. The van der Waals surface area contributed by atoms with Gasteiger partial charge in [-0.05, 0) is 18.4 Å². The van der Waals surface area contributed by atoms with Crippen molar-refractivity contribution in [2.45, 2.75) is 12.8 Å². The van der Waals surface area contributed by atoms with E-state index in [4.69, 9.17) is 9.15 Å². The first-order valence-electron chi connectivity index (χ1n) is 12.5. The number of hydrogen-bond acceptors (Lipinski definition) is 8. The molecule has 1 amide bonds. The summed E-state index contributed by atoms with van der Waals surface area (Å²) >= 11 is 0. The summed E-state index contributed by atoms with van der Waals surface area (Å²) in [5.74, 6) is -0.0958. The van der Waals surface area contributed by atoms with Crippen LogP contribution in [0, 0.1) is 0 Å². The maximum absolute atomic E-state index is 13.5. The van der Waals surface area contributed by atoms with Gasteiger partial charge in [-0.3, -0.25) is 19.6 Å². The highest BCUT2D eigenvalue weighted by Crippen LogP contribution is 2.35. The number of rotatable bonds is 6. The van der Waals surface area contributed by atoms with Gasteiger partial charge in [0, 0.05) is 37.3 Å². The Labute approximate surface area is 223 Å². The number of aromatic amines is 1. The van der Waals surface area contributed by atoms with E-state index in [0.717, 1.165) is 16.7 Å². The molecule has 6 rings (SSSR count). The van der Waals surface area contributed by atoms with E-state index < -0.39 is 11.7 Å². The van der Waals surface area contributed by atoms with Gasteiger partial charge in [-0.25, -0.2) is 9.97 Å². The minimum Gasteiger partial charge on any atom is -0.494 e. The van der Waals surface area contributed by atoms with Crippen LogP contribution in [0.1, 0.15) is 34.5 Å². The summed E-state index contributed by atoms with van der Waals surface area (Å²) in [6.07, 6.45) is 12.1. The average Bonchev–Trinajstić information content (AvgIpc) is 3.69. The lowest BCUT2D eigenvalue weighted by molar-refractivity contribution is -0.126. The van der Waals surface area contributed by atoms with Crippen LogP contribution in [0.15, 0.2) is 83.9 Å². The highest BCUT2D eigenvalue weighted by molar-refractivity contribution is 6.45. The van der Waals surface area contributed by atoms with Crippen LogP contribution in [0.4, 0.5) is 0 Å².